The molecule has 1 aromatic heterocycles. The first-order valence-electron chi connectivity index (χ1n) is 13.7. The van der Waals surface area contributed by atoms with E-state index in [0.29, 0.717) is 59.5 Å². The van der Waals surface area contributed by atoms with Crippen LogP contribution in [0.3, 0.4) is 0 Å². The lowest BCUT2D eigenvalue weighted by Crippen LogP contribution is -2.41. The topological polar surface area (TPSA) is 108 Å². The van der Waals surface area contributed by atoms with Gasteiger partial charge >= 0.3 is 12.1 Å². The van der Waals surface area contributed by atoms with Gasteiger partial charge in [0.1, 0.15) is 22.7 Å². The molecule has 3 aromatic rings. The van der Waals surface area contributed by atoms with Gasteiger partial charge in [0.25, 0.3) is 0 Å². The number of nitrogens with zero attached hydrogens (tertiary/aromatic N) is 3. The molecule has 0 spiro atoms. The number of esters is 1. The zero-order valence-electron chi connectivity index (χ0n) is 24.6. The Balaban J connectivity index is 1.77. The first-order valence-corrected chi connectivity index (χ1v) is 13.7. The highest BCUT2D eigenvalue weighted by molar-refractivity contribution is 6.10. The number of benzene rings is 2. The van der Waals surface area contributed by atoms with Crippen LogP contribution >= 0.6 is 0 Å². The number of fused-ring (bicyclic) bond motifs is 1. The van der Waals surface area contributed by atoms with E-state index in [-0.39, 0.29) is 29.3 Å². The number of hydrogen-bond donors (Lipinski definition) is 1. The Kier molecular flexibility index (Phi) is 8.47. The second-order valence-electron chi connectivity index (χ2n) is 11.4. The lowest BCUT2D eigenvalue weighted by molar-refractivity contribution is 0.0203. The average molecular weight is 565 g/mol. The summed E-state index contributed by atoms with van der Waals surface area (Å²) in [6.45, 7) is 10.1. The lowest BCUT2D eigenvalue weighted by atomic mass is 9.87. The molecule has 0 atom stereocenters. The number of anilines is 2. The van der Waals surface area contributed by atoms with E-state index in [2.05, 4.69) is 11.1 Å². The minimum absolute atomic E-state index is 0.196. The number of hydrogen-bond acceptors (Lipinski definition) is 7. The van der Waals surface area contributed by atoms with Crippen molar-refractivity contribution in [2.24, 2.45) is 0 Å². The third-order valence-electron chi connectivity index (χ3n) is 7.21. The molecule has 10 heteroatoms. The van der Waals surface area contributed by atoms with Crippen molar-refractivity contribution in [2.45, 2.75) is 65.0 Å². The van der Waals surface area contributed by atoms with Crippen LogP contribution in [-0.4, -0.2) is 60.9 Å². The molecule has 1 amide bonds. The summed E-state index contributed by atoms with van der Waals surface area (Å²) < 4.78 is 32.9. The van der Waals surface area contributed by atoms with Crippen molar-refractivity contribution >= 4 is 34.5 Å². The van der Waals surface area contributed by atoms with E-state index >= 15 is 4.39 Å². The monoisotopic (exact) mass is 564 g/mol. The van der Waals surface area contributed by atoms with Gasteiger partial charge in [-0.15, -0.1) is 0 Å². The predicted octanol–water partition coefficient (Wildman–Crippen LogP) is 6.63. The summed E-state index contributed by atoms with van der Waals surface area (Å²) in [5.74, 6) is -0.439. The first-order chi connectivity index (χ1) is 19.4. The van der Waals surface area contributed by atoms with Gasteiger partial charge in [-0.25, -0.2) is 14.0 Å². The molecular formula is C31H37FN4O5. The Morgan fingerprint density at radius 3 is 2.39 bits per heavy atom. The molecule has 2 heterocycles. The molecule has 1 N–H and O–H groups in total. The zero-order chi connectivity index (χ0) is 30.1. The fraction of sp³-hybridized carbons (Fsp3) is 0.452. The number of nitriles is 1. The minimum Gasteiger partial charge on any atom is -0.496 e. The van der Waals surface area contributed by atoms with Crippen molar-refractivity contribution in [1.82, 2.24) is 9.88 Å². The fourth-order valence-corrected chi connectivity index (χ4v) is 5.38. The highest BCUT2D eigenvalue weighted by atomic mass is 19.1. The van der Waals surface area contributed by atoms with Crippen molar-refractivity contribution in [1.29, 1.82) is 5.26 Å². The van der Waals surface area contributed by atoms with E-state index in [9.17, 15) is 14.9 Å². The quantitative estimate of drug-likeness (QED) is 0.335. The third kappa shape index (κ3) is 5.94. The summed E-state index contributed by atoms with van der Waals surface area (Å²) in [5.41, 5.74) is 1.34. The maximum atomic E-state index is 16.7. The Morgan fingerprint density at radius 2 is 1.83 bits per heavy atom. The van der Waals surface area contributed by atoms with Gasteiger partial charge in [0.05, 0.1) is 31.5 Å². The second kappa shape index (κ2) is 11.7. The molecule has 1 saturated heterocycles. The van der Waals surface area contributed by atoms with E-state index in [0.717, 1.165) is 0 Å². The highest BCUT2D eigenvalue weighted by Crippen LogP contribution is 2.43. The third-order valence-corrected chi connectivity index (χ3v) is 7.21. The number of H-pyrrole nitrogens is 1. The number of methoxy groups -OCH3 is 2. The van der Waals surface area contributed by atoms with Gasteiger partial charge in [-0.2, -0.15) is 5.26 Å². The molecule has 4 rings (SSSR count). The fourth-order valence-electron chi connectivity index (χ4n) is 5.38. The van der Waals surface area contributed by atoms with Crippen LogP contribution in [0.5, 0.6) is 5.75 Å². The molecule has 41 heavy (non-hydrogen) atoms. The molecular weight excluding hydrogens is 527 g/mol. The number of carbonyl (C=O) groups is 2. The molecule has 9 nitrogen and oxygen atoms in total. The largest absolute Gasteiger partial charge is 0.496 e. The predicted molar refractivity (Wildman–Crippen MR) is 154 cm³/mol. The lowest BCUT2D eigenvalue weighted by Gasteiger charge is -2.35. The van der Waals surface area contributed by atoms with Gasteiger partial charge in [-0.05, 0) is 77.6 Å². The van der Waals surface area contributed by atoms with Crippen molar-refractivity contribution in [3.05, 3.63) is 52.8 Å². The van der Waals surface area contributed by atoms with Crippen molar-refractivity contribution in [2.75, 3.05) is 32.2 Å². The van der Waals surface area contributed by atoms with Crippen LogP contribution in [0.25, 0.3) is 10.9 Å². The standard InChI is InChI=1S/C31H37FN4O5/c1-18(2)36(28-26(29(37)40-7)21-9-8-19(17-33)16-22(21)34-28)23-10-11-24(39-6)25(27(23)32)20-12-14-35(15-13-20)30(38)41-31(3,4)5/h8-11,16,18,20,34H,12-15H2,1-7H3. The van der Waals surface area contributed by atoms with Gasteiger partial charge in [0.2, 0.25) is 0 Å². The molecule has 0 unspecified atom stereocenters. The molecule has 218 valence electrons. The zero-order valence-corrected chi connectivity index (χ0v) is 24.6. The molecule has 0 saturated carbocycles. The molecule has 2 aromatic carbocycles. The average Bonchev–Trinajstić information content (AvgIpc) is 3.30. The number of ether oxygens (including phenoxy) is 3. The Labute approximate surface area is 239 Å². The molecule has 0 bridgehead atoms. The summed E-state index contributed by atoms with van der Waals surface area (Å²) in [6, 6.07) is 10.2. The first kappa shape index (κ1) is 29.7. The normalized spacial score (nSPS) is 14.2. The van der Waals surface area contributed by atoms with E-state index in [4.69, 9.17) is 14.2 Å². The van der Waals surface area contributed by atoms with Crippen LogP contribution < -0.4 is 9.64 Å². The number of piperidine rings is 1. The summed E-state index contributed by atoms with van der Waals surface area (Å²) >= 11 is 0. The number of aromatic nitrogens is 1. The van der Waals surface area contributed by atoms with Gasteiger partial charge in [0, 0.05) is 35.6 Å². The SMILES string of the molecule is COC(=O)c1c(N(c2ccc(OC)c(C3CCN(C(=O)OC(C)(C)C)CC3)c2F)C(C)C)[nH]c2cc(C#N)ccc12. The van der Waals surface area contributed by atoms with Crippen LogP contribution in [0, 0.1) is 17.1 Å². The minimum atomic E-state index is -0.597. The number of halogens is 1. The summed E-state index contributed by atoms with van der Waals surface area (Å²) in [4.78, 5) is 32.2. The van der Waals surface area contributed by atoms with Gasteiger partial charge in [-0.3, -0.25) is 0 Å². The number of amides is 1. The van der Waals surface area contributed by atoms with Crippen molar-refractivity contribution < 1.29 is 28.2 Å². The number of nitrogens with one attached hydrogen (secondary N) is 1. The molecule has 1 fully saturated rings. The number of likely N-dealkylation sites (tertiary alicyclic amines) is 1. The summed E-state index contributed by atoms with van der Waals surface area (Å²) in [6.07, 6.45) is 0.694. The number of carbonyl (C=O) groups excluding carboxylic acids is 2. The second-order valence-corrected chi connectivity index (χ2v) is 11.4. The van der Waals surface area contributed by atoms with Crippen molar-refractivity contribution in [3.63, 3.8) is 0 Å². The molecule has 0 radical (unpaired) electrons. The van der Waals surface area contributed by atoms with E-state index in [1.165, 1.54) is 14.2 Å². The van der Waals surface area contributed by atoms with E-state index in [1.807, 2.05) is 34.6 Å². The molecule has 0 aliphatic carbocycles. The molecule has 1 aliphatic rings. The van der Waals surface area contributed by atoms with Gasteiger partial charge in [-0.1, -0.05) is 6.07 Å². The Morgan fingerprint density at radius 1 is 1.15 bits per heavy atom. The van der Waals surface area contributed by atoms with Gasteiger partial charge in [0.15, 0.2) is 5.82 Å². The van der Waals surface area contributed by atoms with Crippen LogP contribution in [0.15, 0.2) is 30.3 Å². The summed E-state index contributed by atoms with van der Waals surface area (Å²) in [5, 5.41) is 9.95. The summed E-state index contributed by atoms with van der Waals surface area (Å²) in [7, 11) is 2.80. The molecule has 1 aliphatic heterocycles. The van der Waals surface area contributed by atoms with Crippen molar-refractivity contribution in [3.8, 4) is 11.8 Å². The van der Waals surface area contributed by atoms with Crippen LogP contribution in [0.2, 0.25) is 0 Å². The Hall–Kier alpha value is -4.26. The van der Waals surface area contributed by atoms with Crippen LogP contribution in [0.4, 0.5) is 20.7 Å². The smallest absolute Gasteiger partial charge is 0.410 e. The number of aromatic amines is 1. The Bertz CT molecular complexity index is 1490. The van der Waals surface area contributed by atoms with E-state index < -0.39 is 17.4 Å². The maximum absolute atomic E-state index is 16.7. The highest BCUT2D eigenvalue weighted by Gasteiger charge is 2.34. The van der Waals surface area contributed by atoms with E-state index in [1.54, 1.807) is 40.1 Å². The van der Waals surface area contributed by atoms with Crippen LogP contribution in [0.1, 0.15) is 74.9 Å². The maximum Gasteiger partial charge on any atom is 0.410 e. The van der Waals surface area contributed by atoms with Gasteiger partial charge < -0.3 is 29.0 Å². The number of rotatable bonds is 6. The van der Waals surface area contributed by atoms with Crippen LogP contribution in [-0.2, 0) is 9.47 Å².